The maximum absolute atomic E-state index is 11.5. The second kappa shape index (κ2) is 4.95. The predicted octanol–water partition coefficient (Wildman–Crippen LogP) is 0.00230. The molecule has 1 aliphatic heterocycles. The standard InChI is InChI=1S/C9H15NO4/c1-6(9(12)13)10-8(11)7-3-2-4-14-5-7/h6-7H,2-5H2,1H3,(H,10,11)(H,12,13)/t6-,7?/m1/s1. The number of rotatable bonds is 3. The molecule has 0 aromatic carbocycles. The highest BCUT2D eigenvalue weighted by atomic mass is 16.5. The van der Waals surface area contributed by atoms with Crippen molar-refractivity contribution in [1.29, 1.82) is 0 Å². The van der Waals surface area contributed by atoms with Crippen LogP contribution in [-0.4, -0.2) is 36.2 Å². The third-order valence-electron chi connectivity index (χ3n) is 2.26. The van der Waals surface area contributed by atoms with Gasteiger partial charge in [-0.1, -0.05) is 0 Å². The van der Waals surface area contributed by atoms with Crippen LogP contribution >= 0.6 is 0 Å². The lowest BCUT2D eigenvalue weighted by molar-refractivity contribution is -0.142. The number of carbonyl (C=O) groups is 2. The van der Waals surface area contributed by atoms with Gasteiger partial charge in [0.05, 0.1) is 12.5 Å². The Hall–Kier alpha value is -1.10. The highest BCUT2D eigenvalue weighted by Crippen LogP contribution is 2.13. The van der Waals surface area contributed by atoms with Crippen LogP contribution in [0, 0.1) is 5.92 Å². The Labute approximate surface area is 82.4 Å². The first-order valence-electron chi connectivity index (χ1n) is 4.72. The van der Waals surface area contributed by atoms with E-state index >= 15 is 0 Å². The summed E-state index contributed by atoms with van der Waals surface area (Å²) in [6, 6.07) is -0.829. The van der Waals surface area contributed by atoms with E-state index in [2.05, 4.69) is 5.32 Å². The summed E-state index contributed by atoms with van der Waals surface area (Å²) in [5.74, 6) is -1.43. The predicted molar refractivity (Wildman–Crippen MR) is 48.8 cm³/mol. The van der Waals surface area contributed by atoms with Gasteiger partial charge in [-0.15, -0.1) is 0 Å². The molecule has 1 amide bonds. The molecule has 2 atom stereocenters. The number of carboxylic acid groups (broad SMARTS) is 1. The molecule has 0 aromatic rings. The molecular formula is C9H15NO4. The van der Waals surface area contributed by atoms with E-state index in [1.807, 2.05) is 0 Å². The molecule has 14 heavy (non-hydrogen) atoms. The number of ether oxygens (including phenoxy) is 1. The first kappa shape index (κ1) is 11.0. The maximum Gasteiger partial charge on any atom is 0.325 e. The highest BCUT2D eigenvalue weighted by Gasteiger charge is 2.24. The smallest absolute Gasteiger partial charge is 0.325 e. The molecule has 1 aliphatic rings. The van der Waals surface area contributed by atoms with Crippen LogP contribution in [-0.2, 0) is 14.3 Å². The summed E-state index contributed by atoms with van der Waals surface area (Å²) >= 11 is 0. The van der Waals surface area contributed by atoms with Crippen LogP contribution in [0.1, 0.15) is 19.8 Å². The maximum atomic E-state index is 11.5. The SMILES string of the molecule is C[C@@H](NC(=O)C1CCCOC1)C(=O)O. The molecule has 5 heteroatoms. The molecule has 0 saturated carbocycles. The van der Waals surface area contributed by atoms with Crippen LogP contribution in [0.5, 0.6) is 0 Å². The van der Waals surface area contributed by atoms with Crippen molar-refractivity contribution < 1.29 is 19.4 Å². The van der Waals surface area contributed by atoms with Gasteiger partial charge in [0.25, 0.3) is 0 Å². The lowest BCUT2D eigenvalue weighted by atomic mass is 10.0. The molecule has 0 aliphatic carbocycles. The van der Waals surface area contributed by atoms with Gasteiger partial charge in [-0.3, -0.25) is 9.59 Å². The van der Waals surface area contributed by atoms with Crippen molar-refractivity contribution in [3.63, 3.8) is 0 Å². The van der Waals surface area contributed by atoms with Gasteiger partial charge < -0.3 is 15.2 Å². The largest absolute Gasteiger partial charge is 0.480 e. The summed E-state index contributed by atoms with van der Waals surface area (Å²) in [6.07, 6.45) is 1.64. The number of carboxylic acids is 1. The molecule has 1 unspecified atom stereocenters. The molecule has 0 spiro atoms. The van der Waals surface area contributed by atoms with Crippen LogP contribution in [0.3, 0.4) is 0 Å². The van der Waals surface area contributed by atoms with Crippen molar-refractivity contribution in [1.82, 2.24) is 5.32 Å². The van der Waals surface area contributed by atoms with E-state index in [1.54, 1.807) is 0 Å². The van der Waals surface area contributed by atoms with Gasteiger partial charge in [0.15, 0.2) is 0 Å². The van der Waals surface area contributed by atoms with Gasteiger partial charge in [0.2, 0.25) is 5.91 Å². The van der Waals surface area contributed by atoms with E-state index in [0.717, 1.165) is 12.8 Å². The van der Waals surface area contributed by atoms with Crippen LogP contribution in [0.25, 0.3) is 0 Å². The van der Waals surface area contributed by atoms with Gasteiger partial charge in [-0.2, -0.15) is 0 Å². The Kier molecular flexibility index (Phi) is 3.88. The molecule has 1 saturated heterocycles. The molecule has 0 bridgehead atoms. The molecule has 80 valence electrons. The van der Waals surface area contributed by atoms with E-state index < -0.39 is 12.0 Å². The lowest BCUT2D eigenvalue weighted by Gasteiger charge is -2.22. The van der Waals surface area contributed by atoms with E-state index in [0.29, 0.717) is 13.2 Å². The quantitative estimate of drug-likeness (QED) is 0.674. The first-order valence-corrected chi connectivity index (χ1v) is 4.72. The van der Waals surface area contributed by atoms with Crippen molar-refractivity contribution in [2.45, 2.75) is 25.8 Å². The van der Waals surface area contributed by atoms with Gasteiger partial charge in [0, 0.05) is 6.61 Å². The minimum absolute atomic E-state index is 0.189. The fraction of sp³-hybridized carbons (Fsp3) is 0.778. The molecule has 0 aromatic heterocycles. The fourth-order valence-electron chi connectivity index (χ4n) is 1.34. The highest BCUT2D eigenvalue weighted by molar-refractivity contribution is 5.84. The number of aliphatic carboxylic acids is 1. The molecule has 1 fully saturated rings. The van der Waals surface area contributed by atoms with E-state index in [4.69, 9.17) is 9.84 Å². The average molecular weight is 201 g/mol. The molecular weight excluding hydrogens is 186 g/mol. The topological polar surface area (TPSA) is 75.6 Å². The lowest BCUT2D eigenvalue weighted by Crippen LogP contribution is -2.43. The van der Waals surface area contributed by atoms with Crippen LogP contribution in [0.15, 0.2) is 0 Å². The summed E-state index contributed by atoms with van der Waals surface area (Å²) in [7, 11) is 0. The zero-order valence-corrected chi connectivity index (χ0v) is 8.16. The van der Waals surface area contributed by atoms with Crippen molar-refractivity contribution in [3.05, 3.63) is 0 Å². The normalized spacial score (nSPS) is 23.9. The van der Waals surface area contributed by atoms with E-state index in [-0.39, 0.29) is 11.8 Å². The van der Waals surface area contributed by atoms with Gasteiger partial charge in [-0.25, -0.2) is 0 Å². The number of nitrogens with one attached hydrogen (secondary N) is 1. The van der Waals surface area contributed by atoms with Gasteiger partial charge in [0.1, 0.15) is 6.04 Å². The zero-order chi connectivity index (χ0) is 10.6. The number of hydrogen-bond donors (Lipinski definition) is 2. The number of carbonyl (C=O) groups excluding carboxylic acids is 1. The summed E-state index contributed by atoms with van der Waals surface area (Å²) in [6.45, 7) is 2.54. The second-order valence-electron chi connectivity index (χ2n) is 3.48. The minimum atomic E-state index is -1.02. The summed E-state index contributed by atoms with van der Waals surface area (Å²) in [5, 5.41) is 11.0. The summed E-state index contributed by atoms with van der Waals surface area (Å²) in [5.41, 5.74) is 0. The monoisotopic (exact) mass is 201 g/mol. The van der Waals surface area contributed by atoms with Crippen molar-refractivity contribution in [2.24, 2.45) is 5.92 Å². The number of amides is 1. The van der Waals surface area contributed by atoms with Gasteiger partial charge >= 0.3 is 5.97 Å². The minimum Gasteiger partial charge on any atom is -0.480 e. The van der Waals surface area contributed by atoms with Crippen LogP contribution in [0.4, 0.5) is 0 Å². The van der Waals surface area contributed by atoms with Gasteiger partial charge in [-0.05, 0) is 19.8 Å². The van der Waals surface area contributed by atoms with E-state index in [9.17, 15) is 9.59 Å². The number of hydrogen-bond acceptors (Lipinski definition) is 3. The van der Waals surface area contributed by atoms with Crippen LogP contribution in [0.2, 0.25) is 0 Å². The van der Waals surface area contributed by atoms with Crippen molar-refractivity contribution in [2.75, 3.05) is 13.2 Å². The molecule has 1 heterocycles. The first-order chi connectivity index (χ1) is 6.61. The zero-order valence-electron chi connectivity index (χ0n) is 8.16. The van der Waals surface area contributed by atoms with Crippen molar-refractivity contribution >= 4 is 11.9 Å². The summed E-state index contributed by atoms with van der Waals surface area (Å²) < 4.78 is 5.14. The van der Waals surface area contributed by atoms with Crippen molar-refractivity contribution in [3.8, 4) is 0 Å². The third-order valence-corrected chi connectivity index (χ3v) is 2.26. The Morgan fingerprint density at radius 1 is 1.57 bits per heavy atom. The Morgan fingerprint density at radius 3 is 2.79 bits per heavy atom. The Bertz CT molecular complexity index is 223. The molecule has 0 radical (unpaired) electrons. The Morgan fingerprint density at radius 2 is 2.29 bits per heavy atom. The molecule has 2 N–H and O–H groups in total. The van der Waals surface area contributed by atoms with E-state index in [1.165, 1.54) is 6.92 Å². The Balaban J connectivity index is 2.36. The summed E-state index contributed by atoms with van der Waals surface area (Å²) in [4.78, 5) is 21.9. The fourth-order valence-corrected chi connectivity index (χ4v) is 1.34. The average Bonchev–Trinajstić information content (AvgIpc) is 2.19. The molecule has 1 rings (SSSR count). The third kappa shape index (κ3) is 2.99. The van der Waals surface area contributed by atoms with Crippen LogP contribution < -0.4 is 5.32 Å². The molecule has 5 nitrogen and oxygen atoms in total. The second-order valence-corrected chi connectivity index (χ2v) is 3.48.